The third-order valence-electron chi connectivity index (χ3n) is 12.2. The molecular weight excluding hydrogens is 440 g/mol. The van der Waals surface area contributed by atoms with Gasteiger partial charge in [0.15, 0.2) is 0 Å². The van der Waals surface area contributed by atoms with E-state index in [4.69, 9.17) is 9.47 Å². The second kappa shape index (κ2) is 12.8. The molecule has 0 aromatic rings. The highest BCUT2D eigenvalue weighted by Crippen LogP contribution is 2.67. The maximum absolute atomic E-state index is 6.15. The normalized spacial score (nSPS) is 43.5. The van der Waals surface area contributed by atoms with Crippen LogP contribution in [-0.4, -0.2) is 25.4 Å². The van der Waals surface area contributed by atoms with Crippen molar-refractivity contribution in [1.82, 2.24) is 0 Å². The lowest BCUT2D eigenvalue weighted by atomic mass is 9.43. The molecule has 5 aliphatic carbocycles. The predicted octanol–water partition coefficient (Wildman–Crippen LogP) is 9.88. The molecular formula is C34H60O2. The highest BCUT2D eigenvalue weighted by atomic mass is 16.5. The van der Waals surface area contributed by atoms with Crippen molar-refractivity contribution in [2.45, 2.75) is 167 Å². The lowest BCUT2D eigenvalue weighted by Gasteiger charge is -2.62. The van der Waals surface area contributed by atoms with E-state index >= 15 is 0 Å². The zero-order valence-electron chi connectivity index (χ0n) is 24.3. The molecule has 5 rings (SSSR count). The molecule has 0 aromatic heterocycles. The van der Waals surface area contributed by atoms with Crippen LogP contribution in [0, 0.1) is 34.5 Å². The van der Waals surface area contributed by atoms with E-state index < -0.39 is 0 Å². The molecule has 36 heavy (non-hydrogen) atoms. The van der Waals surface area contributed by atoms with Gasteiger partial charge in [0.2, 0.25) is 0 Å². The minimum absolute atomic E-state index is 0.582. The predicted molar refractivity (Wildman–Crippen MR) is 151 cm³/mol. The van der Waals surface area contributed by atoms with Crippen molar-refractivity contribution in [2.75, 3.05) is 13.2 Å². The minimum Gasteiger partial charge on any atom is -0.378 e. The van der Waals surface area contributed by atoms with E-state index in [1.165, 1.54) is 77.0 Å². The Labute approximate surface area is 224 Å². The van der Waals surface area contributed by atoms with E-state index in [1.54, 1.807) is 64.2 Å². The highest BCUT2D eigenvalue weighted by molar-refractivity contribution is 5.07. The van der Waals surface area contributed by atoms with E-state index in [1.807, 2.05) is 0 Å². The molecule has 0 aromatic carbocycles. The van der Waals surface area contributed by atoms with Crippen molar-refractivity contribution in [2.24, 2.45) is 34.5 Å². The largest absolute Gasteiger partial charge is 0.378 e. The Hall–Kier alpha value is -0.0800. The molecule has 5 fully saturated rings. The fraction of sp³-hybridized carbons (Fsp3) is 1.00. The molecule has 0 atom stereocenters. The third-order valence-corrected chi connectivity index (χ3v) is 12.2. The highest BCUT2D eigenvalue weighted by Gasteiger charge is 2.56. The van der Waals surface area contributed by atoms with Gasteiger partial charge in [-0.15, -0.1) is 0 Å². The fourth-order valence-electron chi connectivity index (χ4n) is 9.94. The van der Waals surface area contributed by atoms with Crippen LogP contribution >= 0.6 is 0 Å². The van der Waals surface area contributed by atoms with Gasteiger partial charge >= 0.3 is 0 Å². The first-order valence-electron chi connectivity index (χ1n) is 16.9. The molecule has 2 nitrogen and oxygen atoms in total. The van der Waals surface area contributed by atoms with Gasteiger partial charge in [-0.05, 0) is 163 Å². The van der Waals surface area contributed by atoms with E-state index in [2.05, 4.69) is 13.8 Å². The van der Waals surface area contributed by atoms with Gasteiger partial charge in [0.05, 0.1) is 12.2 Å². The monoisotopic (exact) mass is 500 g/mol. The van der Waals surface area contributed by atoms with Crippen LogP contribution < -0.4 is 0 Å². The summed E-state index contributed by atoms with van der Waals surface area (Å²) in [4.78, 5) is 0. The second-order valence-corrected chi connectivity index (χ2v) is 14.6. The summed E-state index contributed by atoms with van der Waals surface area (Å²) in [5.74, 6) is 4.12. The van der Waals surface area contributed by atoms with Crippen molar-refractivity contribution in [3.05, 3.63) is 0 Å². The Morgan fingerprint density at radius 2 is 0.806 bits per heavy atom. The maximum Gasteiger partial charge on any atom is 0.0575 e. The lowest BCUT2D eigenvalue weighted by molar-refractivity contribution is -0.111. The molecule has 0 amide bonds. The zero-order valence-corrected chi connectivity index (χ0v) is 24.3. The summed E-state index contributed by atoms with van der Waals surface area (Å²) in [7, 11) is 0. The van der Waals surface area contributed by atoms with Crippen LogP contribution in [0.25, 0.3) is 0 Å². The Kier molecular flexibility index (Phi) is 9.81. The zero-order chi connectivity index (χ0) is 24.8. The first kappa shape index (κ1) is 27.5. The summed E-state index contributed by atoms with van der Waals surface area (Å²) in [6.45, 7) is 6.52. The topological polar surface area (TPSA) is 18.5 Å². The summed E-state index contributed by atoms with van der Waals surface area (Å²) in [5.41, 5.74) is 1.55. The average Bonchev–Trinajstić information content (AvgIpc) is 2.90. The molecule has 0 heterocycles. The summed E-state index contributed by atoms with van der Waals surface area (Å²) in [6, 6.07) is 0. The first-order chi connectivity index (χ1) is 17.6. The first-order valence-corrected chi connectivity index (χ1v) is 16.9. The van der Waals surface area contributed by atoms with Gasteiger partial charge in [0, 0.05) is 13.2 Å². The van der Waals surface area contributed by atoms with Gasteiger partial charge in [-0.25, -0.2) is 0 Å². The molecule has 0 bridgehead atoms. The van der Waals surface area contributed by atoms with Gasteiger partial charge in [-0.3, -0.25) is 0 Å². The molecule has 0 N–H and O–H groups in total. The molecule has 0 saturated heterocycles. The van der Waals surface area contributed by atoms with Crippen molar-refractivity contribution in [3.8, 4) is 0 Å². The van der Waals surface area contributed by atoms with Crippen molar-refractivity contribution >= 4 is 0 Å². The van der Waals surface area contributed by atoms with E-state index in [-0.39, 0.29) is 0 Å². The molecule has 5 saturated carbocycles. The summed E-state index contributed by atoms with van der Waals surface area (Å²) in [6.07, 6.45) is 33.0. The quantitative estimate of drug-likeness (QED) is 0.278. The van der Waals surface area contributed by atoms with Crippen LogP contribution in [0.5, 0.6) is 0 Å². The van der Waals surface area contributed by atoms with E-state index in [9.17, 15) is 0 Å². The van der Waals surface area contributed by atoms with Gasteiger partial charge < -0.3 is 9.47 Å². The SMILES string of the molecule is CCCCOC1CCC(C2CCC3(CC2)CC2(CCC(C4CCC(OCCCC)CC4)CC2)C3)CC1. The smallest absolute Gasteiger partial charge is 0.0575 e. The van der Waals surface area contributed by atoms with Gasteiger partial charge in [0.1, 0.15) is 0 Å². The van der Waals surface area contributed by atoms with Crippen molar-refractivity contribution in [3.63, 3.8) is 0 Å². The number of hydrogen-bond acceptors (Lipinski definition) is 2. The number of ether oxygens (including phenoxy) is 2. The van der Waals surface area contributed by atoms with Gasteiger partial charge in [-0.1, -0.05) is 26.7 Å². The van der Waals surface area contributed by atoms with Crippen LogP contribution in [0.15, 0.2) is 0 Å². The molecule has 5 aliphatic rings. The third kappa shape index (κ3) is 6.73. The molecule has 0 radical (unpaired) electrons. The second-order valence-electron chi connectivity index (χ2n) is 14.6. The van der Waals surface area contributed by atoms with Crippen LogP contribution in [0.2, 0.25) is 0 Å². The Morgan fingerprint density at radius 3 is 1.14 bits per heavy atom. The minimum atomic E-state index is 0.582. The number of unbranched alkanes of at least 4 members (excludes halogenated alkanes) is 2. The number of rotatable bonds is 10. The van der Waals surface area contributed by atoms with Crippen LogP contribution in [0.4, 0.5) is 0 Å². The number of hydrogen-bond donors (Lipinski definition) is 0. The van der Waals surface area contributed by atoms with Crippen molar-refractivity contribution < 1.29 is 9.47 Å². The van der Waals surface area contributed by atoms with Gasteiger partial charge in [0.25, 0.3) is 0 Å². The molecule has 2 heteroatoms. The average molecular weight is 501 g/mol. The van der Waals surface area contributed by atoms with Gasteiger partial charge in [-0.2, -0.15) is 0 Å². The van der Waals surface area contributed by atoms with Crippen LogP contribution in [0.1, 0.15) is 155 Å². The maximum atomic E-state index is 6.15. The Balaban J connectivity index is 0.972. The molecule has 0 unspecified atom stereocenters. The fourth-order valence-corrected chi connectivity index (χ4v) is 9.94. The summed E-state index contributed by atoms with van der Waals surface area (Å²) in [5, 5.41) is 0. The summed E-state index contributed by atoms with van der Waals surface area (Å²) >= 11 is 0. The Bertz CT molecular complexity index is 562. The van der Waals surface area contributed by atoms with Crippen LogP contribution in [-0.2, 0) is 9.47 Å². The Morgan fingerprint density at radius 1 is 0.472 bits per heavy atom. The van der Waals surface area contributed by atoms with Crippen molar-refractivity contribution in [1.29, 1.82) is 0 Å². The lowest BCUT2D eigenvalue weighted by Crippen LogP contribution is -2.50. The molecule has 208 valence electrons. The standard InChI is InChI=1S/C34H60O2/c1-3-5-23-35-31-11-7-27(8-12-31)29-15-19-33(20-16-29)25-34(26-33)21-17-30(18-22-34)28-9-13-32(14-10-28)36-24-6-4-2/h27-32H,3-26H2,1-2H3. The summed E-state index contributed by atoms with van der Waals surface area (Å²) < 4.78 is 12.3. The van der Waals surface area contributed by atoms with E-state index in [0.29, 0.717) is 12.2 Å². The molecule has 0 aliphatic heterocycles. The molecule has 2 spiro atoms. The van der Waals surface area contributed by atoms with Crippen LogP contribution in [0.3, 0.4) is 0 Å². The van der Waals surface area contributed by atoms with E-state index in [0.717, 1.165) is 47.7 Å².